The molecule has 3 nitrogen and oxygen atoms in total. The Labute approximate surface area is 195 Å². The topological polar surface area (TPSA) is 49.3 Å². The number of hydrogen-bond donors (Lipinski definition) is 2. The maximum atomic E-state index is 13.1. The SMILES string of the molecule is C=CC[C@@]1(C)C[C@H](c2cccc(Cl)c2)[C@@H]([C@@H](CCc2ccc(Cl)cc2)C(C)O)NC1=O. The number of aliphatic hydroxyl groups excluding tert-OH is 1. The van der Waals surface area contributed by atoms with Gasteiger partial charge in [0.05, 0.1) is 11.5 Å². The number of piperidine rings is 1. The number of nitrogens with one attached hydrogen (secondary N) is 1. The zero-order chi connectivity index (χ0) is 22.6. The summed E-state index contributed by atoms with van der Waals surface area (Å²) in [4.78, 5) is 13.1. The molecule has 0 spiro atoms. The average molecular weight is 460 g/mol. The first-order valence-corrected chi connectivity index (χ1v) is 11.6. The van der Waals surface area contributed by atoms with E-state index >= 15 is 0 Å². The van der Waals surface area contributed by atoms with Gasteiger partial charge in [-0.05, 0) is 68.0 Å². The minimum absolute atomic E-state index is 0.0211. The van der Waals surface area contributed by atoms with Crippen molar-refractivity contribution in [3.05, 3.63) is 82.4 Å². The van der Waals surface area contributed by atoms with Crippen LogP contribution < -0.4 is 5.32 Å². The predicted molar refractivity (Wildman–Crippen MR) is 129 cm³/mol. The third-order valence-electron chi connectivity index (χ3n) is 6.58. The van der Waals surface area contributed by atoms with Crippen molar-refractivity contribution in [3.63, 3.8) is 0 Å². The van der Waals surface area contributed by atoms with Crippen LogP contribution in [0.15, 0.2) is 61.2 Å². The Morgan fingerprint density at radius 1 is 1.23 bits per heavy atom. The van der Waals surface area contributed by atoms with Crippen molar-refractivity contribution < 1.29 is 9.90 Å². The molecule has 3 rings (SSSR count). The molecule has 1 fully saturated rings. The summed E-state index contributed by atoms with van der Waals surface area (Å²) in [5.41, 5.74) is 1.71. The molecular weight excluding hydrogens is 429 g/mol. The van der Waals surface area contributed by atoms with Gasteiger partial charge in [-0.25, -0.2) is 0 Å². The summed E-state index contributed by atoms with van der Waals surface area (Å²) in [5, 5.41) is 15.4. The van der Waals surface area contributed by atoms with E-state index in [1.165, 1.54) is 0 Å². The second kappa shape index (κ2) is 10.2. The maximum absolute atomic E-state index is 13.1. The fourth-order valence-electron chi connectivity index (χ4n) is 4.80. The van der Waals surface area contributed by atoms with E-state index in [-0.39, 0.29) is 23.8 Å². The molecule has 0 aliphatic carbocycles. The van der Waals surface area contributed by atoms with Crippen LogP contribution >= 0.6 is 23.2 Å². The second-order valence-corrected chi connectivity index (χ2v) is 9.86. The van der Waals surface area contributed by atoms with Gasteiger partial charge in [0, 0.05) is 27.9 Å². The lowest BCUT2D eigenvalue weighted by Crippen LogP contribution is -2.57. The molecule has 5 atom stereocenters. The minimum atomic E-state index is -0.567. The van der Waals surface area contributed by atoms with E-state index in [1.807, 2.05) is 62.4 Å². The molecule has 2 aromatic carbocycles. The second-order valence-electron chi connectivity index (χ2n) is 8.99. The van der Waals surface area contributed by atoms with Crippen LogP contribution in [0.4, 0.5) is 0 Å². The Morgan fingerprint density at radius 2 is 1.94 bits per heavy atom. The molecule has 1 amide bonds. The standard InChI is InChI=1S/C26H31Cl2NO2/c1-4-14-26(3)16-23(19-6-5-7-21(28)15-19)24(29-25(26)31)22(17(2)30)13-10-18-8-11-20(27)12-9-18/h4-9,11-12,15,17,22-24,30H,1,10,13-14,16H2,2-3H3,(H,29,31)/t17?,22-,23+,24+,26-/m0/s1. The summed E-state index contributed by atoms with van der Waals surface area (Å²) in [6.07, 6.45) is 4.07. The highest BCUT2D eigenvalue weighted by Gasteiger charge is 2.46. The summed E-state index contributed by atoms with van der Waals surface area (Å²) in [5.74, 6) is -0.0316. The minimum Gasteiger partial charge on any atom is -0.393 e. The van der Waals surface area contributed by atoms with Crippen molar-refractivity contribution in [2.24, 2.45) is 11.3 Å². The number of carbonyl (C=O) groups is 1. The summed E-state index contributed by atoms with van der Waals surface area (Å²) < 4.78 is 0. The third-order valence-corrected chi connectivity index (χ3v) is 7.07. The molecule has 1 saturated heterocycles. The van der Waals surface area contributed by atoms with Gasteiger partial charge in [0.25, 0.3) is 0 Å². The highest BCUT2D eigenvalue weighted by Crippen LogP contribution is 2.44. The highest BCUT2D eigenvalue weighted by molar-refractivity contribution is 6.30. The number of benzene rings is 2. The van der Waals surface area contributed by atoms with E-state index in [4.69, 9.17) is 23.2 Å². The molecule has 2 N–H and O–H groups in total. The molecule has 5 heteroatoms. The van der Waals surface area contributed by atoms with Crippen molar-refractivity contribution in [1.29, 1.82) is 0 Å². The number of aryl methyl sites for hydroxylation is 1. The molecular formula is C26H31Cl2NO2. The Balaban J connectivity index is 1.91. The molecule has 0 radical (unpaired) electrons. The van der Waals surface area contributed by atoms with E-state index in [9.17, 15) is 9.90 Å². The molecule has 1 aliphatic rings. The molecule has 31 heavy (non-hydrogen) atoms. The summed E-state index contributed by atoms with van der Waals surface area (Å²) >= 11 is 12.3. The van der Waals surface area contributed by atoms with Crippen LogP contribution in [0, 0.1) is 11.3 Å². The Bertz CT molecular complexity index is 912. The van der Waals surface area contributed by atoms with Gasteiger partial charge in [0.1, 0.15) is 0 Å². The van der Waals surface area contributed by atoms with Crippen molar-refractivity contribution >= 4 is 29.1 Å². The number of aliphatic hydroxyl groups is 1. The zero-order valence-electron chi connectivity index (χ0n) is 18.2. The molecule has 0 saturated carbocycles. The monoisotopic (exact) mass is 459 g/mol. The molecule has 1 heterocycles. The van der Waals surface area contributed by atoms with E-state index < -0.39 is 11.5 Å². The molecule has 1 aliphatic heterocycles. The first-order chi connectivity index (χ1) is 14.7. The fourth-order valence-corrected chi connectivity index (χ4v) is 5.12. The number of amides is 1. The van der Waals surface area contributed by atoms with Gasteiger partial charge in [-0.3, -0.25) is 4.79 Å². The third kappa shape index (κ3) is 5.71. The number of rotatable bonds is 8. The van der Waals surface area contributed by atoms with Crippen LogP contribution in [0.2, 0.25) is 10.0 Å². The van der Waals surface area contributed by atoms with Gasteiger partial charge in [0.2, 0.25) is 5.91 Å². The molecule has 166 valence electrons. The summed E-state index contributed by atoms with van der Waals surface area (Å²) in [7, 11) is 0. The van der Waals surface area contributed by atoms with E-state index in [0.29, 0.717) is 22.9 Å². The average Bonchev–Trinajstić information content (AvgIpc) is 2.72. The number of hydrogen-bond acceptors (Lipinski definition) is 2. The fraction of sp³-hybridized carbons (Fsp3) is 0.423. The molecule has 2 aromatic rings. The van der Waals surface area contributed by atoms with Gasteiger partial charge in [-0.1, -0.05) is 60.5 Å². The lowest BCUT2D eigenvalue weighted by molar-refractivity contribution is -0.136. The van der Waals surface area contributed by atoms with Crippen LogP contribution in [0.25, 0.3) is 0 Å². The van der Waals surface area contributed by atoms with Gasteiger partial charge >= 0.3 is 0 Å². The Kier molecular flexibility index (Phi) is 7.85. The zero-order valence-corrected chi connectivity index (χ0v) is 19.7. The lowest BCUT2D eigenvalue weighted by atomic mass is 9.66. The van der Waals surface area contributed by atoms with Crippen molar-refractivity contribution in [1.82, 2.24) is 5.32 Å². The van der Waals surface area contributed by atoms with Crippen molar-refractivity contribution in [3.8, 4) is 0 Å². The van der Waals surface area contributed by atoms with Crippen LogP contribution in [-0.4, -0.2) is 23.2 Å². The van der Waals surface area contributed by atoms with Crippen LogP contribution in [0.1, 0.15) is 50.2 Å². The first kappa shape index (κ1) is 23.8. The van der Waals surface area contributed by atoms with Crippen molar-refractivity contribution in [2.75, 3.05) is 0 Å². The van der Waals surface area contributed by atoms with Crippen LogP contribution in [0.5, 0.6) is 0 Å². The van der Waals surface area contributed by atoms with Gasteiger partial charge < -0.3 is 10.4 Å². The highest BCUT2D eigenvalue weighted by atomic mass is 35.5. The van der Waals surface area contributed by atoms with Gasteiger partial charge in [-0.15, -0.1) is 6.58 Å². The lowest BCUT2D eigenvalue weighted by Gasteiger charge is -2.46. The van der Waals surface area contributed by atoms with E-state index in [2.05, 4.69) is 18.0 Å². The maximum Gasteiger partial charge on any atom is 0.226 e. The smallest absolute Gasteiger partial charge is 0.226 e. The number of carbonyl (C=O) groups excluding carboxylic acids is 1. The van der Waals surface area contributed by atoms with Crippen LogP contribution in [0.3, 0.4) is 0 Å². The van der Waals surface area contributed by atoms with Gasteiger partial charge in [0.15, 0.2) is 0 Å². The Hall–Kier alpha value is -1.81. The molecule has 0 aromatic heterocycles. The summed E-state index contributed by atoms with van der Waals surface area (Å²) in [6.45, 7) is 7.65. The largest absolute Gasteiger partial charge is 0.393 e. The first-order valence-electron chi connectivity index (χ1n) is 10.8. The predicted octanol–water partition coefficient (Wildman–Crippen LogP) is 6.18. The normalized spacial score (nSPS) is 25.5. The van der Waals surface area contributed by atoms with Crippen LogP contribution in [-0.2, 0) is 11.2 Å². The van der Waals surface area contributed by atoms with Crippen molar-refractivity contribution in [2.45, 2.75) is 57.6 Å². The molecule has 0 bridgehead atoms. The number of halogens is 2. The Morgan fingerprint density at radius 3 is 2.55 bits per heavy atom. The quantitative estimate of drug-likeness (QED) is 0.463. The van der Waals surface area contributed by atoms with Gasteiger partial charge in [-0.2, -0.15) is 0 Å². The molecule has 1 unspecified atom stereocenters. The number of allylic oxidation sites excluding steroid dienone is 1. The van der Waals surface area contributed by atoms with E-state index in [0.717, 1.165) is 24.0 Å². The summed E-state index contributed by atoms with van der Waals surface area (Å²) in [6, 6.07) is 15.4. The van der Waals surface area contributed by atoms with E-state index in [1.54, 1.807) is 0 Å².